The molecule has 1 aromatic carbocycles. The van der Waals surface area contributed by atoms with Gasteiger partial charge in [0.15, 0.2) is 0 Å². The van der Waals surface area contributed by atoms with Crippen LogP contribution in [-0.4, -0.2) is 63.8 Å². The van der Waals surface area contributed by atoms with E-state index in [9.17, 15) is 4.79 Å². The molecule has 0 N–H and O–H groups in total. The summed E-state index contributed by atoms with van der Waals surface area (Å²) in [6.45, 7) is 7.17. The van der Waals surface area contributed by atoms with E-state index in [2.05, 4.69) is 53.0 Å². The summed E-state index contributed by atoms with van der Waals surface area (Å²) >= 11 is 0. The molecule has 8 heteroatoms. The first kappa shape index (κ1) is 20.8. The maximum Gasteiger partial charge on any atom is 0.244 e. The monoisotopic (exact) mass is 420 g/mol. The zero-order valence-corrected chi connectivity index (χ0v) is 18.3. The van der Waals surface area contributed by atoms with Crippen LogP contribution in [0.3, 0.4) is 0 Å². The van der Waals surface area contributed by atoms with Crippen molar-refractivity contribution in [2.75, 3.05) is 38.2 Å². The van der Waals surface area contributed by atoms with Gasteiger partial charge in [0.05, 0.1) is 12.8 Å². The van der Waals surface area contributed by atoms with Crippen LogP contribution in [0.4, 0.5) is 5.82 Å². The first-order valence-corrected chi connectivity index (χ1v) is 10.6. The van der Waals surface area contributed by atoms with E-state index < -0.39 is 0 Å². The number of ether oxygens (including phenoxy) is 1. The number of aromatic nitrogens is 4. The predicted molar refractivity (Wildman–Crippen MR) is 119 cm³/mol. The minimum absolute atomic E-state index is 0.0912. The first-order chi connectivity index (χ1) is 15.1. The molecule has 0 radical (unpaired) electrons. The molecule has 3 aromatic rings. The largest absolute Gasteiger partial charge is 0.481 e. The van der Waals surface area contributed by atoms with Crippen LogP contribution in [0.5, 0.6) is 5.88 Å². The SMILES string of the molecule is CCc1cc(-c2cccc(C)c2)nn1CC(=O)N1CCN(c2cc(OC)ncn2)CC1. The smallest absolute Gasteiger partial charge is 0.244 e. The Morgan fingerprint density at radius 3 is 2.61 bits per heavy atom. The molecule has 1 aliphatic heterocycles. The molecule has 0 unspecified atom stereocenters. The number of carbonyl (C=O) groups excluding carboxylic acids is 1. The molecule has 0 spiro atoms. The fourth-order valence-corrected chi connectivity index (χ4v) is 3.85. The van der Waals surface area contributed by atoms with Crippen LogP contribution >= 0.6 is 0 Å². The van der Waals surface area contributed by atoms with Crippen molar-refractivity contribution in [2.24, 2.45) is 0 Å². The van der Waals surface area contributed by atoms with Gasteiger partial charge in [0.25, 0.3) is 0 Å². The van der Waals surface area contributed by atoms with E-state index in [1.807, 2.05) is 21.7 Å². The zero-order valence-electron chi connectivity index (χ0n) is 18.3. The number of nitrogens with zero attached hydrogens (tertiary/aromatic N) is 6. The Bertz CT molecular complexity index is 1060. The van der Waals surface area contributed by atoms with Gasteiger partial charge in [-0.25, -0.2) is 9.97 Å². The number of methoxy groups -OCH3 is 1. The maximum atomic E-state index is 13.0. The number of hydrogen-bond donors (Lipinski definition) is 0. The summed E-state index contributed by atoms with van der Waals surface area (Å²) < 4.78 is 7.03. The normalized spacial score (nSPS) is 14.0. The van der Waals surface area contributed by atoms with Crippen LogP contribution in [0.15, 0.2) is 42.7 Å². The minimum Gasteiger partial charge on any atom is -0.481 e. The van der Waals surface area contributed by atoms with Crippen molar-refractivity contribution in [3.8, 4) is 17.1 Å². The van der Waals surface area contributed by atoms with Gasteiger partial charge < -0.3 is 14.5 Å². The summed E-state index contributed by atoms with van der Waals surface area (Å²) in [5.41, 5.74) is 4.25. The fourth-order valence-electron chi connectivity index (χ4n) is 3.85. The highest BCUT2D eigenvalue weighted by atomic mass is 16.5. The van der Waals surface area contributed by atoms with E-state index in [0.717, 1.165) is 42.3 Å². The quantitative estimate of drug-likeness (QED) is 0.610. The van der Waals surface area contributed by atoms with Crippen molar-refractivity contribution in [3.05, 3.63) is 54.0 Å². The number of benzene rings is 1. The van der Waals surface area contributed by atoms with Gasteiger partial charge in [-0.2, -0.15) is 5.10 Å². The van der Waals surface area contributed by atoms with E-state index in [1.165, 1.54) is 11.9 Å². The standard InChI is InChI=1S/C23H28N6O2/c1-4-19-13-20(18-7-5-6-17(2)12-18)26-29(19)15-23(30)28-10-8-27(9-11-28)21-14-22(31-3)25-16-24-21/h5-7,12-14,16H,4,8-11,15H2,1-3H3. The van der Waals surface area contributed by atoms with E-state index in [1.54, 1.807) is 7.11 Å². The number of anilines is 1. The predicted octanol–water partition coefficient (Wildman–Crippen LogP) is 2.57. The van der Waals surface area contributed by atoms with Crippen LogP contribution in [0.1, 0.15) is 18.2 Å². The number of piperazine rings is 1. The lowest BCUT2D eigenvalue weighted by Gasteiger charge is -2.35. The lowest BCUT2D eigenvalue weighted by atomic mass is 10.1. The second kappa shape index (κ2) is 9.16. The number of amides is 1. The van der Waals surface area contributed by atoms with Gasteiger partial charge in [-0.3, -0.25) is 9.48 Å². The third kappa shape index (κ3) is 4.68. The molecule has 1 fully saturated rings. The number of aryl methyl sites for hydroxylation is 2. The average Bonchev–Trinajstić information content (AvgIpc) is 3.22. The summed E-state index contributed by atoms with van der Waals surface area (Å²) in [5.74, 6) is 1.45. The molecular weight excluding hydrogens is 392 g/mol. The topological polar surface area (TPSA) is 76.4 Å². The highest BCUT2D eigenvalue weighted by Crippen LogP contribution is 2.21. The van der Waals surface area contributed by atoms with E-state index in [4.69, 9.17) is 9.84 Å². The Labute approximate surface area is 182 Å². The van der Waals surface area contributed by atoms with Crippen LogP contribution in [0.25, 0.3) is 11.3 Å². The molecule has 1 aliphatic rings. The van der Waals surface area contributed by atoms with E-state index >= 15 is 0 Å². The summed E-state index contributed by atoms with van der Waals surface area (Å²) in [4.78, 5) is 25.4. The molecule has 0 aliphatic carbocycles. The van der Waals surface area contributed by atoms with Gasteiger partial charge in [-0.15, -0.1) is 0 Å². The Balaban J connectivity index is 1.41. The van der Waals surface area contributed by atoms with Gasteiger partial charge in [0, 0.05) is 43.5 Å². The van der Waals surface area contributed by atoms with Gasteiger partial charge in [0.1, 0.15) is 18.7 Å². The van der Waals surface area contributed by atoms with Crippen molar-refractivity contribution in [1.29, 1.82) is 0 Å². The highest BCUT2D eigenvalue weighted by molar-refractivity contribution is 5.76. The first-order valence-electron chi connectivity index (χ1n) is 10.6. The highest BCUT2D eigenvalue weighted by Gasteiger charge is 2.23. The van der Waals surface area contributed by atoms with Crippen molar-refractivity contribution in [2.45, 2.75) is 26.8 Å². The fraction of sp³-hybridized carbons (Fsp3) is 0.391. The Hall–Kier alpha value is -3.42. The molecule has 0 bridgehead atoms. The second-order valence-electron chi connectivity index (χ2n) is 7.69. The van der Waals surface area contributed by atoms with Gasteiger partial charge >= 0.3 is 0 Å². The van der Waals surface area contributed by atoms with Gasteiger partial charge in [0.2, 0.25) is 11.8 Å². The zero-order chi connectivity index (χ0) is 21.8. The molecule has 8 nitrogen and oxygen atoms in total. The van der Waals surface area contributed by atoms with Crippen molar-refractivity contribution in [1.82, 2.24) is 24.6 Å². The lowest BCUT2D eigenvalue weighted by Crippen LogP contribution is -2.50. The van der Waals surface area contributed by atoms with Crippen LogP contribution < -0.4 is 9.64 Å². The molecular formula is C23H28N6O2. The van der Waals surface area contributed by atoms with Crippen LogP contribution in [-0.2, 0) is 17.8 Å². The summed E-state index contributed by atoms with van der Waals surface area (Å²) in [6.07, 6.45) is 2.33. The number of carbonyl (C=O) groups is 1. The average molecular weight is 421 g/mol. The minimum atomic E-state index is 0.0912. The molecule has 2 aromatic heterocycles. The summed E-state index contributed by atoms with van der Waals surface area (Å²) in [6, 6.07) is 12.2. The Morgan fingerprint density at radius 1 is 1.10 bits per heavy atom. The Morgan fingerprint density at radius 2 is 1.90 bits per heavy atom. The molecule has 0 atom stereocenters. The van der Waals surface area contributed by atoms with Crippen molar-refractivity contribution >= 4 is 11.7 Å². The van der Waals surface area contributed by atoms with Crippen LogP contribution in [0.2, 0.25) is 0 Å². The second-order valence-corrected chi connectivity index (χ2v) is 7.69. The van der Waals surface area contributed by atoms with E-state index in [-0.39, 0.29) is 12.5 Å². The molecule has 31 heavy (non-hydrogen) atoms. The molecule has 0 saturated carbocycles. The summed E-state index contributed by atoms with van der Waals surface area (Å²) in [5, 5.41) is 4.74. The van der Waals surface area contributed by atoms with Crippen molar-refractivity contribution < 1.29 is 9.53 Å². The molecule has 162 valence electrons. The van der Waals surface area contributed by atoms with E-state index in [0.29, 0.717) is 19.0 Å². The van der Waals surface area contributed by atoms with Gasteiger partial charge in [-0.1, -0.05) is 30.7 Å². The van der Waals surface area contributed by atoms with Gasteiger partial charge in [-0.05, 0) is 25.5 Å². The Kier molecular flexibility index (Phi) is 6.16. The summed E-state index contributed by atoms with van der Waals surface area (Å²) in [7, 11) is 1.59. The number of hydrogen-bond acceptors (Lipinski definition) is 6. The number of rotatable bonds is 6. The molecule has 1 saturated heterocycles. The maximum absolute atomic E-state index is 13.0. The van der Waals surface area contributed by atoms with Crippen LogP contribution in [0, 0.1) is 6.92 Å². The third-order valence-electron chi connectivity index (χ3n) is 5.62. The molecule has 4 rings (SSSR count). The molecule has 3 heterocycles. The van der Waals surface area contributed by atoms with Crippen molar-refractivity contribution in [3.63, 3.8) is 0 Å². The third-order valence-corrected chi connectivity index (χ3v) is 5.62. The lowest BCUT2D eigenvalue weighted by molar-refractivity contribution is -0.132. The molecule has 1 amide bonds.